The minimum atomic E-state index is -0.405. The first-order valence-electron chi connectivity index (χ1n) is 7.61. The van der Waals surface area contributed by atoms with Crippen LogP contribution in [0.5, 0.6) is 5.75 Å². The second kappa shape index (κ2) is 6.58. The zero-order chi connectivity index (χ0) is 17.1. The molecule has 0 saturated heterocycles. The predicted octanol–water partition coefficient (Wildman–Crippen LogP) is 3.26. The predicted molar refractivity (Wildman–Crippen MR) is 90.9 cm³/mol. The third kappa shape index (κ3) is 2.65. The Balaban J connectivity index is 2.18. The summed E-state index contributed by atoms with van der Waals surface area (Å²) in [5.74, 6) is -0.230. The SMILES string of the molecule is CCO/C=C1/C(=O)N(c2ccccc2)C(=O)c2cc(OC)ccc21. The molecule has 2 aromatic rings. The van der Waals surface area contributed by atoms with Gasteiger partial charge in [-0.15, -0.1) is 0 Å². The molecular weight excluding hydrogens is 306 g/mol. The van der Waals surface area contributed by atoms with Gasteiger partial charge in [0.1, 0.15) is 5.75 Å². The van der Waals surface area contributed by atoms with Gasteiger partial charge in [0.15, 0.2) is 0 Å². The lowest BCUT2D eigenvalue weighted by Crippen LogP contribution is -2.41. The van der Waals surface area contributed by atoms with Crippen LogP contribution in [0.15, 0.2) is 54.8 Å². The number of para-hydroxylation sites is 1. The van der Waals surface area contributed by atoms with Gasteiger partial charge in [-0.3, -0.25) is 9.59 Å². The molecule has 1 aliphatic rings. The van der Waals surface area contributed by atoms with Crippen LogP contribution in [0.2, 0.25) is 0 Å². The molecule has 0 saturated carbocycles. The molecule has 1 aliphatic heterocycles. The number of nitrogens with zero attached hydrogens (tertiary/aromatic N) is 1. The van der Waals surface area contributed by atoms with Crippen molar-refractivity contribution >= 4 is 23.1 Å². The maximum absolute atomic E-state index is 12.9. The van der Waals surface area contributed by atoms with Crippen molar-refractivity contribution in [3.8, 4) is 5.75 Å². The number of carbonyl (C=O) groups excluding carboxylic acids is 2. The summed E-state index contributed by atoms with van der Waals surface area (Å²) in [5, 5.41) is 0. The number of benzene rings is 2. The van der Waals surface area contributed by atoms with Gasteiger partial charge in [0.2, 0.25) is 0 Å². The number of fused-ring (bicyclic) bond motifs is 1. The Hall–Kier alpha value is -3.08. The van der Waals surface area contributed by atoms with Crippen LogP contribution in [-0.4, -0.2) is 25.5 Å². The summed E-state index contributed by atoms with van der Waals surface area (Å²) in [5.41, 5.74) is 1.82. The van der Waals surface area contributed by atoms with Crippen LogP contribution in [0.4, 0.5) is 5.69 Å². The lowest BCUT2D eigenvalue weighted by molar-refractivity contribution is -0.113. The van der Waals surface area contributed by atoms with E-state index in [0.29, 0.717) is 34.7 Å². The number of rotatable bonds is 4. The minimum Gasteiger partial charge on any atom is -0.501 e. The molecular formula is C19H17NO4. The molecule has 0 aromatic heterocycles. The number of amides is 2. The van der Waals surface area contributed by atoms with Crippen molar-refractivity contribution in [3.05, 3.63) is 65.9 Å². The Bertz CT molecular complexity index is 811. The molecule has 3 rings (SSSR count). The zero-order valence-corrected chi connectivity index (χ0v) is 13.5. The Morgan fingerprint density at radius 1 is 1.00 bits per heavy atom. The van der Waals surface area contributed by atoms with Gasteiger partial charge in [-0.1, -0.05) is 18.2 Å². The number of carbonyl (C=O) groups is 2. The first-order valence-corrected chi connectivity index (χ1v) is 7.61. The summed E-state index contributed by atoms with van der Waals surface area (Å²) in [4.78, 5) is 26.9. The molecule has 2 aromatic carbocycles. The maximum Gasteiger partial charge on any atom is 0.269 e. The van der Waals surface area contributed by atoms with E-state index in [4.69, 9.17) is 9.47 Å². The lowest BCUT2D eigenvalue weighted by Gasteiger charge is -2.28. The fraction of sp³-hybridized carbons (Fsp3) is 0.158. The summed E-state index contributed by atoms with van der Waals surface area (Å²) in [6, 6.07) is 13.9. The topological polar surface area (TPSA) is 55.8 Å². The van der Waals surface area contributed by atoms with E-state index < -0.39 is 5.91 Å². The van der Waals surface area contributed by atoms with Crippen LogP contribution in [0, 0.1) is 0 Å². The van der Waals surface area contributed by atoms with E-state index in [0.717, 1.165) is 4.90 Å². The lowest BCUT2D eigenvalue weighted by atomic mass is 9.93. The summed E-state index contributed by atoms with van der Waals surface area (Å²) in [6.45, 7) is 2.26. The van der Waals surface area contributed by atoms with Gasteiger partial charge in [-0.25, -0.2) is 4.90 Å². The molecule has 2 amide bonds. The van der Waals surface area contributed by atoms with Crippen molar-refractivity contribution in [3.63, 3.8) is 0 Å². The normalized spacial score (nSPS) is 15.4. The van der Waals surface area contributed by atoms with E-state index in [1.54, 1.807) is 42.5 Å². The molecule has 0 radical (unpaired) electrons. The average molecular weight is 323 g/mol. The molecule has 0 unspecified atom stereocenters. The fourth-order valence-electron chi connectivity index (χ4n) is 2.60. The van der Waals surface area contributed by atoms with E-state index in [1.807, 2.05) is 13.0 Å². The average Bonchev–Trinajstić information content (AvgIpc) is 2.62. The van der Waals surface area contributed by atoms with Gasteiger partial charge >= 0.3 is 0 Å². The fourth-order valence-corrected chi connectivity index (χ4v) is 2.60. The number of hydrogen-bond acceptors (Lipinski definition) is 4. The highest BCUT2D eigenvalue weighted by Gasteiger charge is 2.36. The number of anilines is 1. The molecule has 1 heterocycles. The highest BCUT2D eigenvalue weighted by atomic mass is 16.5. The number of ether oxygens (including phenoxy) is 2. The van der Waals surface area contributed by atoms with Crippen molar-refractivity contribution in [1.29, 1.82) is 0 Å². The number of imide groups is 1. The highest BCUT2D eigenvalue weighted by molar-refractivity contribution is 6.40. The molecule has 24 heavy (non-hydrogen) atoms. The Morgan fingerprint density at radius 2 is 1.75 bits per heavy atom. The highest BCUT2D eigenvalue weighted by Crippen LogP contribution is 2.34. The summed E-state index contributed by atoms with van der Waals surface area (Å²) in [7, 11) is 1.53. The third-order valence-electron chi connectivity index (χ3n) is 3.77. The first-order chi connectivity index (χ1) is 11.7. The van der Waals surface area contributed by atoms with Gasteiger partial charge in [0, 0.05) is 5.56 Å². The van der Waals surface area contributed by atoms with Gasteiger partial charge < -0.3 is 9.47 Å². The molecule has 0 fully saturated rings. The van der Waals surface area contributed by atoms with Crippen LogP contribution < -0.4 is 9.64 Å². The van der Waals surface area contributed by atoms with E-state index in [1.165, 1.54) is 13.4 Å². The molecule has 0 bridgehead atoms. The van der Waals surface area contributed by atoms with E-state index in [-0.39, 0.29) is 5.91 Å². The molecule has 0 atom stereocenters. The van der Waals surface area contributed by atoms with E-state index in [9.17, 15) is 9.59 Å². The molecule has 122 valence electrons. The molecule has 5 heteroatoms. The van der Waals surface area contributed by atoms with Gasteiger partial charge in [0.05, 0.1) is 36.8 Å². The second-order valence-corrected chi connectivity index (χ2v) is 5.18. The van der Waals surface area contributed by atoms with Crippen molar-refractivity contribution < 1.29 is 19.1 Å². The van der Waals surface area contributed by atoms with Crippen molar-refractivity contribution in [2.45, 2.75) is 6.92 Å². The van der Waals surface area contributed by atoms with Gasteiger partial charge in [0.25, 0.3) is 11.8 Å². The Kier molecular flexibility index (Phi) is 4.33. The molecule has 0 aliphatic carbocycles. The molecule has 0 N–H and O–H groups in total. The van der Waals surface area contributed by atoms with Crippen LogP contribution >= 0.6 is 0 Å². The molecule has 0 spiro atoms. The Morgan fingerprint density at radius 3 is 2.42 bits per heavy atom. The number of hydrogen-bond donors (Lipinski definition) is 0. The number of methoxy groups -OCH3 is 1. The van der Waals surface area contributed by atoms with Gasteiger partial charge in [-0.05, 0) is 37.3 Å². The second-order valence-electron chi connectivity index (χ2n) is 5.18. The zero-order valence-electron chi connectivity index (χ0n) is 13.5. The third-order valence-corrected chi connectivity index (χ3v) is 3.77. The minimum absolute atomic E-state index is 0.345. The van der Waals surface area contributed by atoms with Crippen LogP contribution in [0.25, 0.3) is 5.57 Å². The van der Waals surface area contributed by atoms with Crippen LogP contribution in [0.3, 0.4) is 0 Å². The smallest absolute Gasteiger partial charge is 0.269 e. The molecule has 5 nitrogen and oxygen atoms in total. The van der Waals surface area contributed by atoms with Crippen molar-refractivity contribution in [2.75, 3.05) is 18.6 Å². The quantitative estimate of drug-likeness (QED) is 0.492. The van der Waals surface area contributed by atoms with Crippen molar-refractivity contribution in [2.24, 2.45) is 0 Å². The standard InChI is InChI=1S/C19H17NO4/c1-3-24-12-17-15-10-9-14(23-2)11-16(15)18(21)20(19(17)22)13-7-5-4-6-8-13/h4-12H,3H2,1-2H3/b17-12+. The van der Waals surface area contributed by atoms with Crippen LogP contribution in [-0.2, 0) is 9.53 Å². The van der Waals surface area contributed by atoms with Crippen molar-refractivity contribution in [1.82, 2.24) is 0 Å². The Labute approximate surface area is 140 Å². The van der Waals surface area contributed by atoms with Gasteiger partial charge in [-0.2, -0.15) is 0 Å². The van der Waals surface area contributed by atoms with E-state index >= 15 is 0 Å². The summed E-state index contributed by atoms with van der Waals surface area (Å²) >= 11 is 0. The largest absolute Gasteiger partial charge is 0.501 e. The summed E-state index contributed by atoms with van der Waals surface area (Å²) < 4.78 is 10.5. The summed E-state index contributed by atoms with van der Waals surface area (Å²) in [6.07, 6.45) is 1.41. The van der Waals surface area contributed by atoms with E-state index in [2.05, 4.69) is 0 Å². The maximum atomic E-state index is 12.9. The van der Waals surface area contributed by atoms with Crippen LogP contribution in [0.1, 0.15) is 22.8 Å². The monoisotopic (exact) mass is 323 g/mol. The first kappa shape index (κ1) is 15.8.